The van der Waals surface area contributed by atoms with E-state index in [9.17, 15) is 9.59 Å². The third kappa shape index (κ3) is 4.45. The van der Waals surface area contributed by atoms with Crippen molar-refractivity contribution in [1.82, 2.24) is 4.98 Å². The lowest BCUT2D eigenvalue weighted by atomic mass is 9.96. The Morgan fingerprint density at radius 3 is 2.58 bits per heavy atom. The minimum absolute atomic E-state index is 0.317. The number of carbonyl (C=O) groups excluding carboxylic acids is 2. The number of fused-ring (bicyclic) bond motifs is 2. The molecule has 3 aromatic rings. The zero-order valence-corrected chi connectivity index (χ0v) is 19.5. The van der Waals surface area contributed by atoms with Crippen molar-refractivity contribution in [2.75, 3.05) is 11.1 Å². The van der Waals surface area contributed by atoms with E-state index in [0.717, 1.165) is 64.9 Å². The standard InChI is InChI=1S/C23H28N4O2S2/c1-12(2)11-13-9-10-15-18(24)19(31-22(15)26-13)21(29)27-23-17(20(25)28)14-7-5-3-4-6-8-16(14)30-23/h9-10,12H,3-8,11,24H2,1-2H3,(H2,25,28)(H,27,29). The number of nitrogens with zero attached hydrogens (tertiary/aromatic N) is 1. The normalized spacial score (nSPS) is 14.3. The Morgan fingerprint density at radius 2 is 1.87 bits per heavy atom. The molecule has 4 rings (SSSR count). The molecule has 2 amide bonds. The van der Waals surface area contributed by atoms with Crippen LogP contribution in [0, 0.1) is 5.92 Å². The molecule has 0 aliphatic heterocycles. The van der Waals surface area contributed by atoms with Crippen LogP contribution < -0.4 is 16.8 Å². The van der Waals surface area contributed by atoms with Gasteiger partial charge in [-0.25, -0.2) is 4.98 Å². The van der Waals surface area contributed by atoms with Gasteiger partial charge in [-0.3, -0.25) is 9.59 Å². The number of rotatable bonds is 5. The lowest BCUT2D eigenvalue weighted by Crippen LogP contribution is -2.18. The molecule has 6 nitrogen and oxygen atoms in total. The Balaban J connectivity index is 1.66. The molecule has 0 saturated carbocycles. The Labute approximate surface area is 190 Å². The Kier molecular flexibility index (Phi) is 6.29. The van der Waals surface area contributed by atoms with E-state index in [2.05, 4.69) is 19.2 Å². The summed E-state index contributed by atoms with van der Waals surface area (Å²) in [6, 6.07) is 3.91. The van der Waals surface area contributed by atoms with Gasteiger partial charge in [0.15, 0.2) is 0 Å². The van der Waals surface area contributed by atoms with E-state index < -0.39 is 5.91 Å². The van der Waals surface area contributed by atoms with Crippen LogP contribution in [0.3, 0.4) is 0 Å². The topological polar surface area (TPSA) is 111 Å². The molecule has 8 heteroatoms. The number of amides is 2. The van der Waals surface area contributed by atoms with Crippen molar-refractivity contribution in [2.24, 2.45) is 11.7 Å². The first-order chi connectivity index (χ1) is 14.8. The van der Waals surface area contributed by atoms with Gasteiger partial charge in [0, 0.05) is 16.0 Å². The summed E-state index contributed by atoms with van der Waals surface area (Å²) in [7, 11) is 0. The fraction of sp³-hybridized carbons (Fsp3) is 0.435. The second kappa shape index (κ2) is 8.96. The van der Waals surface area contributed by atoms with E-state index in [4.69, 9.17) is 16.5 Å². The van der Waals surface area contributed by atoms with Gasteiger partial charge >= 0.3 is 0 Å². The number of hydrogen-bond donors (Lipinski definition) is 3. The van der Waals surface area contributed by atoms with Gasteiger partial charge < -0.3 is 16.8 Å². The molecule has 31 heavy (non-hydrogen) atoms. The molecule has 5 N–H and O–H groups in total. The summed E-state index contributed by atoms with van der Waals surface area (Å²) >= 11 is 2.76. The van der Waals surface area contributed by atoms with E-state index in [0.29, 0.717) is 27.0 Å². The zero-order valence-electron chi connectivity index (χ0n) is 17.9. The number of aryl methyl sites for hydroxylation is 1. The molecule has 0 saturated heterocycles. The Hall–Kier alpha value is -2.45. The Morgan fingerprint density at radius 1 is 1.13 bits per heavy atom. The van der Waals surface area contributed by atoms with Crippen molar-refractivity contribution in [3.8, 4) is 0 Å². The van der Waals surface area contributed by atoms with Crippen LogP contribution in [0.2, 0.25) is 0 Å². The molecular formula is C23H28N4O2S2. The van der Waals surface area contributed by atoms with Crippen molar-refractivity contribution in [3.05, 3.63) is 38.7 Å². The van der Waals surface area contributed by atoms with Gasteiger partial charge in [-0.1, -0.05) is 26.7 Å². The summed E-state index contributed by atoms with van der Waals surface area (Å²) in [5.41, 5.74) is 14.9. The molecule has 3 heterocycles. The van der Waals surface area contributed by atoms with E-state index in [1.807, 2.05) is 12.1 Å². The largest absolute Gasteiger partial charge is 0.397 e. The maximum absolute atomic E-state index is 13.1. The zero-order chi connectivity index (χ0) is 22.1. The van der Waals surface area contributed by atoms with Gasteiger partial charge in [0.1, 0.15) is 14.7 Å². The van der Waals surface area contributed by atoms with Crippen LogP contribution in [-0.2, 0) is 19.3 Å². The van der Waals surface area contributed by atoms with E-state index >= 15 is 0 Å². The second-order valence-electron chi connectivity index (χ2n) is 8.54. The third-order valence-corrected chi connectivity index (χ3v) is 7.94. The van der Waals surface area contributed by atoms with Gasteiger partial charge in [0.25, 0.3) is 11.8 Å². The van der Waals surface area contributed by atoms with Crippen molar-refractivity contribution < 1.29 is 9.59 Å². The fourth-order valence-corrected chi connectivity index (χ4v) is 6.46. The van der Waals surface area contributed by atoms with Crippen LogP contribution in [0.15, 0.2) is 12.1 Å². The number of nitrogen functional groups attached to an aromatic ring is 1. The lowest BCUT2D eigenvalue weighted by Gasteiger charge is -2.10. The molecule has 0 bridgehead atoms. The average Bonchev–Trinajstić information content (AvgIpc) is 3.18. The van der Waals surface area contributed by atoms with E-state index in [1.54, 1.807) is 0 Å². The summed E-state index contributed by atoms with van der Waals surface area (Å²) in [4.78, 5) is 32.4. The summed E-state index contributed by atoms with van der Waals surface area (Å²) in [6.45, 7) is 4.29. The van der Waals surface area contributed by atoms with E-state index in [1.165, 1.54) is 29.1 Å². The number of carbonyl (C=O) groups is 2. The highest BCUT2D eigenvalue weighted by Gasteiger charge is 2.25. The number of anilines is 2. The monoisotopic (exact) mass is 456 g/mol. The predicted molar refractivity (Wildman–Crippen MR) is 129 cm³/mol. The molecule has 1 aliphatic carbocycles. The van der Waals surface area contributed by atoms with Gasteiger partial charge in [0.2, 0.25) is 0 Å². The molecular weight excluding hydrogens is 428 g/mol. The van der Waals surface area contributed by atoms with Crippen LogP contribution in [0.5, 0.6) is 0 Å². The lowest BCUT2D eigenvalue weighted by molar-refractivity contribution is 0.100. The number of pyridine rings is 1. The van der Waals surface area contributed by atoms with Crippen LogP contribution in [0.25, 0.3) is 10.2 Å². The molecule has 0 aromatic carbocycles. The predicted octanol–water partition coefficient (Wildman–Crippen LogP) is 5.15. The number of nitrogens with two attached hydrogens (primary N) is 2. The molecule has 1 aliphatic rings. The molecule has 3 aromatic heterocycles. The highest BCUT2D eigenvalue weighted by Crippen LogP contribution is 2.38. The van der Waals surface area contributed by atoms with Gasteiger partial charge in [0.05, 0.1) is 11.3 Å². The minimum Gasteiger partial charge on any atom is -0.397 e. The van der Waals surface area contributed by atoms with Gasteiger partial charge in [-0.2, -0.15) is 0 Å². The molecule has 0 atom stereocenters. The molecule has 164 valence electrons. The van der Waals surface area contributed by atoms with Crippen molar-refractivity contribution >= 4 is 55.4 Å². The summed E-state index contributed by atoms with van der Waals surface area (Å²) < 4.78 is 0. The molecule has 0 radical (unpaired) electrons. The van der Waals surface area contributed by atoms with Crippen LogP contribution in [0.4, 0.5) is 10.7 Å². The molecule has 0 spiro atoms. The quantitative estimate of drug-likeness (QED) is 0.493. The smallest absolute Gasteiger partial charge is 0.268 e. The minimum atomic E-state index is -0.488. The summed E-state index contributed by atoms with van der Waals surface area (Å²) in [5, 5.41) is 4.26. The molecule has 0 fully saturated rings. The third-order valence-electron chi connectivity index (χ3n) is 5.62. The van der Waals surface area contributed by atoms with Crippen LogP contribution in [-0.4, -0.2) is 16.8 Å². The molecule has 0 unspecified atom stereocenters. The Bertz CT molecular complexity index is 1150. The first-order valence-corrected chi connectivity index (χ1v) is 12.4. The number of primary amides is 1. The van der Waals surface area contributed by atoms with Gasteiger partial charge in [-0.15, -0.1) is 22.7 Å². The number of hydrogen-bond acceptors (Lipinski definition) is 6. The second-order valence-corrected chi connectivity index (χ2v) is 10.6. The average molecular weight is 457 g/mol. The van der Waals surface area contributed by atoms with Crippen LogP contribution in [0.1, 0.15) is 75.7 Å². The highest BCUT2D eigenvalue weighted by atomic mass is 32.1. The first kappa shape index (κ1) is 21.8. The van der Waals surface area contributed by atoms with Crippen molar-refractivity contribution in [3.63, 3.8) is 0 Å². The highest BCUT2D eigenvalue weighted by molar-refractivity contribution is 7.21. The maximum atomic E-state index is 13.1. The summed E-state index contributed by atoms with van der Waals surface area (Å²) in [5.74, 6) is -0.309. The van der Waals surface area contributed by atoms with Gasteiger partial charge in [-0.05, 0) is 55.7 Å². The van der Waals surface area contributed by atoms with Crippen molar-refractivity contribution in [1.29, 1.82) is 0 Å². The number of thiophene rings is 2. The number of aromatic nitrogens is 1. The SMILES string of the molecule is CC(C)Cc1ccc2c(N)c(C(=O)Nc3sc4c(c3C(N)=O)CCCCCC4)sc2n1. The van der Waals surface area contributed by atoms with Crippen LogP contribution >= 0.6 is 22.7 Å². The maximum Gasteiger partial charge on any atom is 0.268 e. The first-order valence-electron chi connectivity index (χ1n) is 10.8. The number of nitrogens with one attached hydrogen (secondary N) is 1. The summed E-state index contributed by atoms with van der Waals surface area (Å²) in [6.07, 6.45) is 7.08. The fourth-order valence-electron chi connectivity index (χ4n) is 4.16. The van der Waals surface area contributed by atoms with E-state index in [-0.39, 0.29) is 5.91 Å². The van der Waals surface area contributed by atoms with Crippen molar-refractivity contribution in [2.45, 2.75) is 58.8 Å².